The van der Waals surface area contributed by atoms with Crippen molar-refractivity contribution in [1.29, 1.82) is 0 Å². The van der Waals surface area contributed by atoms with E-state index in [0.717, 1.165) is 31.6 Å². The lowest BCUT2D eigenvalue weighted by Crippen LogP contribution is -2.34. The maximum absolute atomic E-state index is 11.5. The molecule has 3 fully saturated rings. The quantitative estimate of drug-likeness (QED) is 0.447. The van der Waals surface area contributed by atoms with Crippen LogP contribution in [0.25, 0.3) is 0 Å². The van der Waals surface area contributed by atoms with Crippen molar-refractivity contribution in [1.82, 2.24) is 0 Å². The van der Waals surface area contributed by atoms with E-state index in [1.165, 1.54) is 0 Å². The second kappa shape index (κ2) is 3.67. The van der Waals surface area contributed by atoms with Crippen LogP contribution in [0.1, 0.15) is 19.3 Å². The van der Waals surface area contributed by atoms with E-state index in [1.807, 2.05) is 0 Å². The largest absolute Gasteiger partial charge is 0.459 e. The molecule has 0 aromatic rings. The van der Waals surface area contributed by atoms with Gasteiger partial charge in [0.1, 0.15) is 6.10 Å². The van der Waals surface area contributed by atoms with E-state index in [2.05, 4.69) is 12.6 Å². The molecule has 15 heavy (non-hydrogen) atoms. The van der Waals surface area contributed by atoms with E-state index >= 15 is 0 Å². The molecule has 0 amide bonds. The van der Waals surface area contributed by atoms with Gasteiger partial charge in [-0.25, -0.2) is 0 Å². The number of esters is 1. The summed E-state index contributed by atoms with van der Waals surface area (Å²) in [6.07, 6.45) is 3.35. The Kier molecular flexibility index (Phi) is 2.44. The molecule has 3 rings (SSSR count). The van der Waals surface area contributed by atoms with Crippen LogP contribution in [0.3, 0.4) is 0 Å². The molecule has 3 nitrogen and oxygen atoms in total. The van der Waals surface area contributed by atoms with Crippen LogP contribution in [-0.4, -0.2) is 30.5 Å². The normalized spacial score (nSPS) is 46.2. The van der Waals surface area contributed by atoms with Crippen LogP contribution in [-0.2, 0) is 14.3 Å². The molecule has 0 aromatic carbocycles. The summed E-state index contributed by atoms with van der Waals surface area (Å²) < 4.78 is 11.2. The van der Waals surface area contributed by atoms with Gasteiger partial charge in [0.15, 0.2) is 0 Å². The van der Waals surface area contributed by atoms with Crippen LogP contribution in [0.5, 0.6) is 0 Å². The summed E-state index contributed by atoms with van der Waals surface area (Å²) in [4.78, 5) is 11.5. The molecule has 0 aromatic heterocycles. The van der Waals surface area contributed by atoms with E-state index < -0.39 is 0 Å². The van der Waals surface area contributed by atoms with Crippen LogP contribution >= 0.6 is 12.6 Å². The number of rotatable bonds is 4. The first-order valence-electron chi connectivity index (χ1n) is 5.74. The second-order valence-corrected chi connectivity index (χ2v) is 5.26. The molecule has 1 aliphatic heterocycles. The average molecular weight is 228 g/mol. The van der Waals surface area contributed by atoms with Gasteiger partial charge in [0, 0.05) is 12.5 Å². The van der Waals surface area contributed by atoms with Gasteiger partial charge in [-0.05, 0) is 30.9 Å². The third-order valence-corrected chi connectivity index (χ3v) is 4.34. The third-order valence-electron chi connectivity index (χ3n) is 4.03. The van der Waals surface area contributed by atoms with Crippen molar-refractivity contribution in [3.63, 3.8) is 0 Å². The Morgan fingerprint density at radius 3 is 3.13 bits per heavy atom. The molecule has 0 spiro atoms. The first kappa shape index (κ1) is 9.97. The van der Waals surface area contributed by atoms with Crippen molar-refractivity contribution in [2.75, 3.05) is 12.4 Å². The highest BCUT2D eigenvalue weighted by Gasteiger charge is 2.62. The second-order valence-electron chi connectivity index (χ2n) is 4.82. The fraction of sp³-hybridized carbons (Fsp3) is 0.909. The SMILES string of the molecule is O=C1OC2C3CC(CC13)C2OCCCS. The third kappa shape index (κ3) is 1.41. The highest BCUT2D eigenvalue weighted by atomic mass is 32.1. The van der Waals surface area contributed by atoms with Gasteiger partial charge in [-0.3, -0.25) is 4.79 Å². The Morgan fingerprint density at radius 1 is 1.47 bits per heavy atom. The van der Waals surface area contributed by atoms with Crippen molar-refractivity contribution >= 4 is 18.6 Å². The van der Waals surface area contributed by atoms with Crippen LogP contribution in [0.2, 0.25) is 0 Å². The highest BCUT2D eigenvalue weighted by Crippen LogP contribution is 2.55. The van der Waals surface area contributed by atoms with Gasteiger partial charge < -0.3 is 9.47 Å². The number of hydrogen-bond acceptors (Lipinski definition) is 4. The number of carbonyl (C=O) groups is 1. The Balaban J connectivity index is 1.65. The van der Waals surface area contributed by atoms with Crippen LogP contribution in [0.15, 0.2) is 0 Å². The summed E-state index contributed by atoms with van der Waals surface area (Å²) >= 11 is 4.15. The minimum Gasteiger partial charge on any atom is -0.459 e. The Morgan fingerprint density at radius 2 is 2.33 bits per heavy atom. The van der Waals surface area contributed by atoms with Gasteiger partial charge in [0.05, 0.1) is 12.0 Å². The number of thiol groups is 1. The Hall–Kier alpha value is -0.220. The summed E-state index contributed by atoms with van der Waals surface area (Å²) in [6.45, 7) is 0.746. The molecule has 1 heterocycles. The molecular formula is C11H16O3S. The molecule has 3 aliphatic rings. The van der Waals surface area contributed by atoms with Gasteiger partial charge >= 0.3 is 5.97 Å². The monoisotopic (exact) mass is 228 g/mol. The minimum atomic E-state index is 0.0211. The number of ether oxygens (including phenoxy) is 2. The topological polar surface area (TPSA) is 35.5 Å². The average Bonchev–Trinajstić information content (AvgIpc) is 2.81. The van der Waals surface area contributed by atoms with Crippen LogP contribution in [0.4, 0.5) is 0 Å². The van der Waals surface area contributed by atoms with Gasteiger partial charge in [0.25, 0.3) is 0 Å². The molecule has 4 heteroatoms. The van der Waals surface area contributed by atoms with Gasteiger partial charge in [-0.15, -0.1) is 0 Å². The molecule has 5 atom stereocenters. The van der Waals surface area contributed by atoms with E-state index in [0.29, 0.717) is 11.8 Å². The zero-order valence-electron chi connectivity index (χ0n) is 8.59. The minimum absolute atomic E-state index is 0.0211. The smallest absolute Gasteiger partial charge is 0.309 e. The number of hydrogen-bond donors (Lipinski definition) is 1. The molecule has 0 radical (unpaired) electrons. The van der Waals surface area contributed by atoms with Crippen molar-refractivity contribution in [2.45, 2.75) is 31.5 Å². The predicted molar refractivity (Wildman–Crippen MR) is 57.8 cm³/mol. The molecule has 2 aliphatic carbocycles. The van der Waals surface area contributed by atoms with Crippen LogP contribution < -0.4 is 0 Å². The number of carbonyl (C=O) groups excluding carboxylic acids is 1. The fourth-order valence-corrected chi connectivity index (χ4v) is 3.55. The highest BCUT2D eigenvalue weighted by molar-refractivity contribution is 7.80. The van der Waals surface area contributed by atoms with Crippen LogP contribution in [0, 0.1) is 17.8 Å². The van der Waals surface area contributed by atoms with Gasteiger partial charge in [0.2, 0.25) is 0 Å². The van der Waals surface area contributed by atoms with E-state index in [-0.39, 0.29) is 24.1 Å². The van der Waals surface area contributed by atoms with Crippen molar-refractivity contribution in [3.05, 3.63) is 0 Å². The maximum Gasteiger partial charge on any atom is 0.309 e. The maximum atomic E-state index is 11.5. The van der Waals surface area contributed by atoms with Crippen molar-refractivity contribution in [2.24, 2.45) is 17.8 Å². The fourth-order valence-electron chi connectivity index (χ4n) is 3.42. The summed E-state index contributed by atoms with van der Waals surface area (Å²) in [6, 6.07) is 0. The summed E-state index contributed by atoms with van der Waals surface area (Å²) in [7, 11) is 0. The summed E-state index contributed by atoms with van der Waals surface area (Å²) in [5.74, 6) is 2.10. The molecule has 2 bridgehead atoms. The first-order valence-corrected chi connectivity index (χ1v) is 6.37. The van der Waals surface area contributed by atoms with Gasteiger partial charge in [-0.2, -0.15) is 12.6 Å². The summed E-state index contributed by atoms with van der Waals surface area (Å²) in [5, 5.41) is 0. The zero-order valence-corrected chi connectivity index (χ0v) is 9.49. The molecular weight excluding hydrogens is 212 g/mol. The molecule has 84 valence electrons. The lowest BCUT2D eigenvalue weighted by Gasteiger charge is -2.25. The summed E-state index contributed by atoms with van der Waals surface area (Å²) in [5.41, 5.74) is 0. The molecule has 2 saturated carbocycles. The Bertz CT molecular complexity index is 281. The Labute approximate surface area is 94.9 Å². The van der Waals surface area contributed by atoms with Gasteiger partial charge in [-0.1, -0.05) is 0 Å². The lowest BCUT2D eigenvalue weighted by atomic mass is 9.88. The van der Waals surface area contributed by atoms with E-state index in [9.17, 15) is 4.79 Å². The predicted octanol–water partition coefficient (Wildman–Crippen LogP) is 1.27. The zero-order chi connectivity index (χ0) is 10.4. The number of fused-ring (bicyclic) bond motifs is 1. The lowest BCUT2D eigenvalue weighted by molar-refractivity contribution is -0.147. The standard InChI is InChI=1S/C11H16O3S/c12-11-8-5-6-4-7(8)10(14-11)9(6)13-2-1-3-15/h6-10,15H,1-5H2. The first-order chi connectivity index (χ1) is 7.31. The van der Waals surface area contributed by atoms with Crippen molar-refractivity contribution < 1.29 is 14.3 Å². The molecule has 0 N–H and O–H groups in total. The molecule has 5 unspecified atom stereocenters. The van der Waals surface area contributed by atoms with E-state index in [1.54, 1.807) is 0 Å². The van der Waals surface area contributed by atoms with E-state index in [4.69, 9.17) is 9.47 Å². The molecule has 1 saturated heterocycles. The van der Waals surface area contributed by atoms with Crippen molar-refractivity contribution in [3.8, 4) is 0 Å².